The fraction of sp³-hybridized carbons (Fsp3) is 0.0833. The summed E-state index contributed by atoms with van der Waals surface area (Å²) in [5.74, 6) is 3.05. The summed E-state index contributed by atoms with van der Waals surface area (Å²) in [6.07, 6.45) is -4.63. The van der Waals surface area contributed by atoms with Crippen molar-refractivity contribution in [1.29, 1.82) is 0 Å². The first kappa shape index (κ1) is 15.3. The molecule has 2 rings (SSSR count). The van der Waals surface area contributed by atoms with Crippen molar-refractivity contribution < 1.29 is 22.3 Å². The standard InChI is InChI=1S/C12H8ClF4N3O/c13-7-2-1-3-8(11(7)14)21-10-5-6(12(15,16)17)4-9(19-10)20-18/h1-5H,18H2,(H,19,20). The van der Waals surface area contributed by atoms with Crippen molar-refractivity contribution in [2.45, 2.75) is 6.18 Å². The Balaban J connectivity index is 2.42. The summed E-state index contributed by atoms with van der Waals surface area (Å²) >= 11 is 5.55. The molecule has 112 valence electrons. The summed E-state index contributed by atoms with van der Waals surface area (Å²) in [4.78, 5) is 3.66. The van der Waals surface area contributed by atoms with E-state index in [1.165, 1.54) is 18.2 Å². The largest absolute Gasteiger partial charge is 0.436 e. The molecular weight excluding hydrogens is 314 g/mol. The maximum Gasteiger partial charge on any atom is 0.416 e. The highest BCUT2D eigenvalue weighted by molar-refractivity contribution is 6.30. The van der Waals surface area contributed by atoms with Gasteiger partial charge in [0.2, 0.25) is 5.88 Å². The number of anilines is 1. The number of nitrogens with one attached hydrogen (secondary N) is 1. The first-order valence-electron chi connectivity index (χ1n) is 5.49. The van der Waals surface area contributed by atoms with Crippen LogP contribution in [0.15, 0.2) is 30.3 Å². The quantitative estimate of drug-likeness (QED) is 0.510. The lowest BCUT2D eigenvalue weighted by Crippen LogP contribution is -2.12. The van der Waals surface area contributed by atoms with E-state index in [-0.39, 0.29) is 16.6 Å². The first-order valence-corrected chi connectivity index (χ1v) is 5.87. The fourth-order valence-electron chi connectivity index (χ4n) is 1.47. The average molecular weight is 322 g/mol. The highest BCUT2D eigenvalue weighted by atomic mass is 35.5. The summed E-state index contributed by atoms with van der Waals surface area (Å²) in [7, 11) is 0. The summed E-state index contributed by atoms with van der Waals surface area (Å²) < 4.78 is 56.8. The number of hydrogen-bond acceptors (Lipinski definition) is 4. The van der Waals surface area contributed by atoms with Crippen LogP contribution in [0, 0.1) is 5.82 Å². The van der Waals surface area contributed by atoms with Gasteiger partial charge in [-0.2, -0.15) is 18.2 Å². The third-order valence-electron chi connectivity index (χ3n) is 2.41. The van der Waals surface area contributed by atoms with Crippen LogP contribution in [0.4, 0.5) is 23.4 Å². The lowest BCUT2D eigenvalue weighted by molar-refractivity contribution is -0.137. The highest BCUT2D eigenvalue weighted by Crippen LogP contribution is 2.34. The van der Waals surface area contributed by atoms with Crippen molar-refractivity contribution in [1.82, 2.24) is 4.98 Å². The molecule has 0 saturated carbocycles. The minimum absolute atomic E-state index is 0.225. The third-order valence-corrected chi connectivity index (χ3v) is 2.70. The number of nitrogen functional groups attached to an aromatic ring is 1. The molecule has 21 heavy (non-hydrogen) atoms. The predicted molar refractivity (Wildman–Crippen MR) is 68.5 cm³/mol. The summed E-state index contributed by atoms with van der Waals surface area (Å²) in [5, 5.41) is -0.225. The Bertz CT molecular complexity index is 663. The van der Waals surface area contributed by atoms with Crippen molar-refractivity contribution in [2.24, 2.45) is 5.84 Å². The number of ether oxygens (including phenoxy) is 1. The molecule has 9 heteroatoms. The van der Waals surface area contributed by atoms with E-state index in [2.05, 4.69) is 4.98 Å². The number of aromatic nitrogens is 1. The Morgan fingerprint density at radius 1 is 1.24 bits per heavy atom. The summed E-state index contributed by atoms with van der Waals surface area (Å²) in [5.41, 5.74) is 0.942. The van der Waals surface area contributed by atoms with Crippen LogP contribution in [0.5, 0.6) is 11.6 Å². The van der Waals surface area contributed by atoms with Gasteiger partial charge in [0, 0.05) is 6.07 Å². The van der Waals surface area contributed by atoms with Crippen molar-refractivity contribution in [2.75, 3.05) is 5.43 Å². The van der Waals surface area contributed by atoms with Crippen LogP contribution < -0.4 is 16.0 Å². The van der Waals surface area contributed by atoms with E-state index in [0.29, 0.717) is 12.1 Å². The molecule has 2 aromatic rings. The van der Waals surface area contributed by atoms with Gasteiger partial charge >= 0.3 is 6.18 Å². The van der Waals surface area contributed by atoms with Gasteiger partial charge in [0.05, 0.1) is 10.6 Å². The molecule has 0 saturated heterocycles. The number of rotatable bonds is 3. The molecule has 0 fully saturated rings. The van der Waals surface area contributed by atoms with Gasteiger partial charge in [-0.15, -0.1) is 0 Å². The van der Waals surface area contributed by atoms with Crippen LogP contribution in [-0.2, 0) is 6.18 Å². The van der Waals surface area contributed by atoms with E-state index in [0.717, 1.165) is 0 Å². The van der Waals surface area contributed by atoms with E-state index < -0.39 is 23.4 Å². The molecule has 3 N–H and O–H groups in total. The van der Waals surface area contributed by atoms with E-state index in [9.17, 15) is 17.6 Å². The normalized spacial score (nSPS) is 11.3. The Morgan fingerprint density at radius 3 is 2.57 bits per heavy atom. The van der Waals surface area contributed by atoms with Gasteiger partial charge in [-0.3, -0.25) is 0 Å². The molecule has 1 heterocycles. The van der Waals surface area contributed by atoms with Crippen LogP contribution in [0.3, 0.4) is 0 Å². The third kappa shape index (κ3) is 3.53. The molecule has 0 atom stereocenters. The zero-order valence-electron chi connectivity index (χ0n) is 10.2. The molecule has 4 nitrogen and oxygen atoms in total. The zero-order valence-corrected chi connectivity index (χ0v) is 11.0. The Morgan fingerprint density at radius 2 is 1.95 bits per heavy atom. The maximum absolute atomic E-state index is 13.7. The molecule has 0 bridgehead atoms. The van der Waals surface area contributed by atoms with Gasteiger partial charge < -0.3 is 10.2 Å². The molecular formula is C12H8ClF4N3O. The van der Waals surface area contributed by atoms with Gasteiger partial charge in [0.15, 0.2) is 11.6 Å². The molecule has 0 aliphatic carbocycles. The second-order valence-corrected chi connectivity index (χ2v) is 4.28. The first-order chi connectivity index (χ1) is 9.81. The van der Waals surface area contributed by atoms with Crippen molar-refractivity contribution in [3.63, 3.8) is 0 Å². The fourth-order valence-corrected chi connectivity index (χ4v) is 1.64. The lowest BCUT2D eigenvalue weighted by atomic mass is 10.2. The topological polar surface area (TPSA) is 60.2 Å². The van der Waals surface area contributed by atoms with Crippen molar-refractivity contribution >= 4 is 17.4 Å². The molecule has 1 aromatic carbocycles. The number of nitrogens with two attached hydrogens (primary N) is 1. The van der Waals surface area contributed by atoms with Gasteiger partial charge in [-0.1, -0.05) is 17.7 Å². The molecule has 0 unspecified atom stereocenters. The summed E-state index contributed by atoms with van der Waals surface area (Å²) in [6.45, 7) is 0. The van der Waals surface area contributed by atoms with Crippen LogP contribution >= 0.6 is 11.6 Å². The molecule has 0 aliphatic heterocycles. The minimum atomic E-state index is -4.63. The SMILES string of the molecule is NNc1cc(C(F)(F)F)cc(Oc2cccc(Cl)c2F)n1. The predicted octanol–water partition coefficient (Wildman–Crippen LogP) is 3.97. The van der Waals surface area contributed by atoms with Crippen molar-refractivity contribution in [3.8, 4) is 11.6 Å². The Kier molecular flexibility index (Phi) is 4.19. The van der Waals surface area contributed by atoms with Crippen LogP contribution in [-0.4, -0.2) is 4.98 Å². The van der Waals surface area contributed by atoms with Gasteiger partial charge in [-0.05, 0) is 18.2 Å². The number of benzene rings is 1. The monoisotopic (exact) mass is 321 g/mol. The Labute approximate surface area is 121 Å². The zero-order chi connectivity index (χ0) is 15.6. The van der Waals surface area contributed by atoms with Crippen molar-refractivity contribution in [3.05, 3.63) is 46.7 Å². The van der Waals surface area contributed by atoms with Gasteiger partial charge in [0.1, 0.15) is 5.82 Å². The number of pyridine rings is 1. The minimum Gasteiger partial charge on any atom is -0.436 e. The average Bonchev–Trinajstić information content (AvgIpc) is 2.42. The molecule has 0 spiro atoms. The highest BCUT2D eigenvalue weighted by Gasteiger charge is 2.32. The molecule has 1 aromatic heterocycles. The number of alkyl halides is 3. The van der Waals surface area contributed by atoms with E-state index in [1.54, 1.807) is 0 Å². The lowest BCUT2D eigenvalue weighted by Gasteiger charge is -2.12. The second-order valence-electron chi connectivity index (χ2n) is 3.88. The second kappa shape index (κ2) is 5.74. The van der Waals surface area contributed by atoms with Gasteiger partial charge in [-0.25, -0.2) is 10.2 Å². The molecule has 0 aliphatic rings. The van der Waals surface area contributed by atoms with Crippen LogP contribution in [0.1, 0.15) is 5.56 Å². The van der Waals surface area contributed by atoms with Crippen LogP contribution in [0.2, 0.25) is 5.02 Å². The van der Waals surface area contributed by atoms with E-state index in [4.69, 9.17) is 22.2 Å². The number of hydrogen-bond donors (Lipinski definition) is 2. The smallest absolute Gasteiger partial charge is 0.416 e. The van der Waals surface area contributed by atoms with E-state index in [1.807, 2.05) is 5.43 Å². The Hall–Kier alpha value is -2.06. The molecule has 0 amide bonds. The number of halogens is 5. The van der Waals surface area contributed by atoms with E-state index >= 15 is 0 Å². The number of nitrogens with zero attached hydrogens (tertiary/aromatic N) is 1. The van der Waals surface area contributed by atoms with Crippen LogP contribution in [0.25, 0.3) is 0 Å². The van der Waals surface area contributed by atoms with Gasteiger partial charge in [0.25, 0.3) is 0 Å². The summed E-state index contributed by atoms with van der Waals surface area (Å²) in [6, 6.07) is 5.19. The number of hydrazine groups is 1. The maximum atomic E-state index is 13.7. The molecule has 0 radical (unpaired) electrons.